The fraction of sp³-hybridized carbons (Fsp3) is 0.600. The Labute approximate surface area is 147 Å². The number of hydrogen-bond acceptors (Lipinski definition) is 3. The quantitative estimate of drug-likeness (QED) is 0.900. The molecule has 0 radical (unpaired) electrons. The van der Waals surface area contributed by atoms with Crippen molar-refractivity contribution in [1.82, 2.24) is 10.2 Å². The van der Waals surface area contributed by atoms with Crippen molar-refractivity contribution in [3.63, 3.8) is 0 Å². The van der Waals surface area contributed by atoms with Gasteiger partial charge in [-0.05, 0) is 44.1 Å². The molecular formula is C20H24N2O3. The Bertz CT molecular complexity index is 739. The lowest BCUT2D eigenvalue weighted by molar-refractivity contribution is -0.161. The van der Waals surface area contributed by atoms with Crippen LogP contribution in [-0.2, 0) is 9.53 Å². The zero-order chi connectivity index (χ0) is 17.2. The van der Waals surface area contributed by atoms with Crippen molar-refractivity contribution >= 4 is 12.0 Å². The number of amides is 2. The van der Waals surface area contributed by atoms with Gasteiger partial charge in [0.25, 0.3) is 0 Å². The normalized spacial score (nSPS) is 28.8. The van der Waals surface area contributed by atoms with E-state index in [0.29, 0.717) is 17.9 Å². The largest absolute Gasteiger partial charge is 0.447 e. The number of nitrogens with zero attached hydrogens (tertiary/aromatic N) is 1. The maximum Gasteiger partial charge on any atom is 0.407 e. The van der Waals surface area contributed by atoms with E-state index in [-0.39, 0.29) is 23.5 Å². The lowest BCUT2D eigenvalue weighted by Gasteiger charge is -2.60. The summed E-state index contributed by atoms with van der Waals surface area (Å²) in [5.41, 5.74) is 2.89. The minimum absolute atomic E-state index is 0.0620. The van der Waals surface area contributed by atoms with Gasteiger partial charge < -0.3 is 15.0 Å². The fourth-order valence-corrected chi connectivity index (χ4v) is 5.35. The van der Waals surface area contributed by atoms with Crippen molar-refractivity contribution in [1.29, 1.82) is 0 Å². The Hall–Kier alpha value is -2.04. The van der Waals surface area contributed by atoms with Gasteiger partial charge in [0.15, 0.2) is 0 Å². The fourth-order valence-electron chi connectivity index (χ4n) is 5.35. The molecule has 2 saturated carbocycles. The molecule has 0 aromatic heterocycles. The smallest absolute Gasteiger partial charge is 0.407 e. The van der Waals surface area contributed by atoms with E-state index in [0.717, 1.165) is 25.9 Å². The molecule has 132 valence electrons. The average Bonchev–Trinajstić information content (AvgIpc) is 2.85. The zero-order valence-corrected chi connectivity index (χ0v) is 14.6. The predicted octanol–water partition coefficient (Wildman–Crippen LogP) is 2.59. The van der Waals surface area contributed by atoms with E-state index in [1.165, 1.54) is 24.0 Å². The number of nitrogens with one attached hydrogen (secondary N) is 1. The van der Waals surface area contributed by atoms with Gasteiger partial charge in [-0.15, -0.1) is 0 Å². The van der Waals surface area contributed by atoms with Crippen molar-refractivity contribution < 1.29 is 14.3 Å². The average molecular weight is 340 g/mol. The summed E-state index contributed by atoms with van der Waals surface area (Å²) in [5.74, 6) is 0.998. The second-order valence-corrected chi connectivity index (χ2v) is 8.80. The van der Waals surface area contributed by atoms with Gasteiger partial charge in [-0.25, -0.2) is 4.79 Å². The summed E-state index contributed by atoms with van der Waals surface area (Å²) < 4.78 is 4.99. The van der Waals surface area contributed by atoms with E-state index in [9.17, 15) is 9.59 Å². The van der Waals surface area contributed by atoms with Crippen molar-refractivity contribution in [2.75, 3.05) is 19.7 Å². The lowest BCUT2D eigenvalue weighted by Crippen LogP contribution is -2.66. The highest BCUT2D eigenvalue weighted by molar-refractivity contribution is 5.82. The van der Waals surface area contributed by atoms with Gasteiger partial charge in [-0.1, -0.05) is 29.8 Å². The van der Waals surface area contributed by atoms with Gasteiger partial charge in [0.2, 0.25) is 5.91 Å². The number of ether oxygens (including phenoxy) is 1. The Kier molecular flexibility index (Phi) is 3.04. The lowest BCUT2D eigenvalue weighted by atomic mass is 9.55. The number of hydrogen-bond donors (Lipinski definition) is 1. The number of likely N-dealkylation sites (tertiary alicyclic amines) is 1. The highest BCUT2D eigenvalue weighted by Gasteiger charge is 2.58. The number of benzene rings is 1. The topological polar surface area (TPSA) is 58.6 Å². The summed E-state index contributed by atoms with van der Waals surface area (Å²) in [6, 6.07) is 8.82. The Balaban J connectivity index is 1.12. The number of carbonyl (C=O) groups is 2. The molecule has 2 heterocycles. The van der Waals surface area contributed by atoms with E-state index >= 15 is 0 Å². The molecule has 4 fully saturated rings. The maximum absolute atomic E-state index is 12.6. The molecule has 2 aliphatic carbocycles. The van der Waals surface area contributed by atoms with Crippen LogP contribution in [0.3, 0.4) is 0 Å². The molecule has 0 unspecified atom stereocenters. The summed E-state index contributed by atoms with van der Waals surface area (Å²) in [5, 5.41) is 2.86. The molecule has 1 aromatic carbocycles. The van der Waals surface area contributed by atoms with Crippen LogP contribution in [0.1, 0.15) is 42.7 Å². The van der Waals surface area contributed by atoms with Crippen molar-refractivity contribution in [3.8, 4) is 0 Å². The Morgan fingerprint density at radius 1 is 1.24 bits per heavy atom. The predicted molar refractivity (Wildman–Crippen MR) is 92.1 cm³/mol. The molecule has 5 heteroatoms. The van der Waals surface area contributed by atoms with E-state index in [1.807, 2.05) is 4.90 Å². The van der Waals surface area contributed by atoms with Crippen LogP contribution in [-0.4, -0.2) is 42.1 Å². The Morgan fingerprint density at radius 3 is 2.64 bits per heavy atom. The summed E-state index contributed by atoms with van der Waals surface area (Å²) in [6.45, 7) is 4.39. The highest BCUT2D eigenvalue weighted by Crippen LogP contribution is 2.56. The number of cyclic esters (lactones) is 1. The maximum atomic E-state index is 12.6. The third-order valence-electron chi connectivity index (χ3n) is 6.71. The molecule has 5 nitrogen and oxygen atoms in total. The van der Waals surface area contributed by atoms with Gasteiger partial charge in [0.1, 0.15) is 6.61 Å². The number of rotatable bonds is 2. The van der Waals surface area contributed by atoms with E-state index in [4.69, 9.17) is 4.74 Å². The molecule has 2 amide bonds. The van der Waals surface area contributed by atoms with Crippen LogP contribution in [0.25, 0.3) is 0 Å². The minimum atomic E-state index is -0.342. The standard InChI is InChI=1S/C20H24N2O3/c1-13-3-2-4-14(5-13)15-6-19(7-15)10-22(11-19)17(23)16-8-20(9-16)12-25-18(24)21-20/h2-5,15-16H,6-12H2,1H3,(H,21,24)/t16-,20+. The molecule has 5 rings (SSSR count). The van der Waals surface area contributed by atoms with Crippen LogP contribution in [0.15, 0.2) is 24.3 Å². The first-order valence-corrected chi connectivity index (χ1v) is 9.26. The first-order valence-electron chi connectivity index (χ1n) is 9.26. The summed E-state index contributed by atoms with van der Waals surface area (Å²) in [6.07, 6.45) is 3.53. The monoisotopic (exact) mass is 340 g/mol. The van der Waals surface area contributed by atoms with Crippen molar-refractivity contribution in [3.05, 3.63) is 35.4 Å². The second-order valence-electron chi connectivity index (χ2n) is 8.80. The minimum Gasteiger partial charge on any atom is -0.447 e. The molecule has 0 bridgehead atoms. The summed E-state index contributed by atoms with van der Waals surface area (Å²) >= 11 is 0. The molecular weight excluding hydrogens is 316 g/mol. The highest BCUT2D eigenvalue weighted by atomic mass is 16.6. The molecule has 2 spiro atoms. The van der Waals surface area contributed by atoms with Crippen molar-refractivity contribution in [2.24, 2.45) is 11.3 Å². The molecule has 1 N–H and O–H groups in total. The molecule has 4 aliphatic rings. The summed E-state index contributed by atoms with van der Waals surface area (Å²) in [4.78, 5) is 25.9. The Morgan fingerprint density at radius 2 is 2.00 bits per heavy atom. The molecule has 1 aromatic rings. The third kappa shape index (κ3) is 2.35. The zero-order valence-electron chi connectivity index (χ0n) is 14.6. The number of aryl methyl sites for hydroxylation is 1. The molecule has 0 atom stereocenters. The third-order valence-corrected chi connectivity index (χ3v) is 6.71. The first-order chi connectivity index (χ1) is 12.0. The first kappa shape index (κ1) is 15.2. The van der Waals surface area contributed by atoms with Crippen LogP contribution in [0, 0.1) is 18.3 Å². The van der Waals surface area contributed by atoms with Gasteiger partial charge >= 0.3 is 6.09 Å². The molecule has 25 heavy (non-hydrogen) atoms. The van der Waals surface area contributed by atoms with Gasteiger partial charge in [-0.3, -0.25) is 4.79 Å². The van der Waals surface area contributed by atoms with Gasteiger partial charge in [-0.2, -0.15) is 0 Å². The second kappa shape index (κ2) is 4.99. The summed E-state index contributed by atoms with van der Waals surface area (Å²) in [7, 11) is 0. The van der Waals surface area contributed by atoms with E-state index in [2.05, 4.69) is 36.5 Å². The van der Waals surface area contributed by atoms with Crippen LogP contribution in [0.2, 0.25) is 0 Å². The molecule has 2 saturated heterocycles. The van der Waals surface area contributed by atoms with Crippen LogP contribution < -0.4 is 5.32 Å². The van der Waals surface area contributed by atoms with E-state index in [1.54, 1.807) is 0 Å². The van der Waals surface area contributed by atoms with Gasteiger partial charge in [0, 0.05) is 24.4 Å². The van der Waals surface area contributed by atoms with Crippen LogP contribution >= 0.6 is 0 Å². The van der Waals surface area contributed by atoms with Crippen LogP contribution in [0.4, 0.5) is 4.79 Å². The van der Waals surface area contributed by atoms with Gasteiger partial charge in [0.05, 0.1) is 5.54 Å². The SMILES string of the molecule is Cc1cccc(C2CC3(C2)CN(C(=O)[C@H]2C[C@]4(COC(=O)N4)C2)C3)c1. The number of carbonyl (C=O) groups excluding carboxylic acids is 2. The number of alkyl carbamates (subject to hydrolysis) is 1. The van der Waals surface area contributed by atoms with E-state index < -0.39 is 0 Å². The molecule has 2 aliphatic heterocycles. The van der Waals surface area contributed by atoms with Crippen molar-refractivity contribution in [2.45, 2.75) is 44.1 Å². The van der Waals surface area contributed by atoms with Crippen LogP contribution in [0.5, 0.6) is 0 Å².